The molecule has 19 heavy (non-hydrogen) atoms. The van der Waals surface area contributed by atoms with E-state index in [2.05, 4.69) is 16.2 Å². The maximum atomic E-state index is 8.79. The van der Waals surface area contributed by atoms with Crippen molar-refractivity contribution in [3.05, 3.63) is 46.3 Å². The summed E-state index contributed by atoms with van der Waals surface area (Å²) in [6.45, 7) is 0. The fourth-order valence-electron chi connectivity index (χ4n) is 1.59. The molecule has 3 rings (SSSR count). The van der Waals surface area contributed by atoms with Crippen LogP contribution in [0.15, 0.2) is 40.9 Å². The van der Waals surface area contributed by atoms with Crippen LogP contribution >= 0.6 is 22.9 Å². The van der Waals surface area contributed by atoms with Crippen molar-refractivity contribution in [3.63, 3.8) is 0 Å². The number of nitriles is 1. The largest absolute Gasteiger partial charge is 0.333 e. The molecular weight excluding hydrogens is 282 g/mol. The normalized spacial score (nSPS) is 10.3. The van der Waals surface area contributed by atoms with Crippen molar-refractivity contribution < 1.29 is 4.52 Å². The molecule has 0 aliphatic rings. The van der Waals surface area contributed by atoms with Gasteiger partial charge in [0.1, 0.15) is 10.9 Å². The maximum Gasteiger partial charge on any atom is 0.268 e. The first-order chi connectivity index (χ1) is 9.28. The average Bonchev–Trinajstić information content (AvgIpc) is 3.08. The predicted molar refractivity (Wildman–Crippen MR) is 72.8 cm³/mol. The minimum Gasteiger partial charge on any atom is -0.333 e. The fraction of sp³-hybridized carbons (Fsp3) is 0. The van der Waals surface area contributed by atoms with Crippen molar-refractivity contribution in [3.8, 4) is 28.2 Å². The van der Waals surface area contributed by atoms with Gasteiger partial charge in [0.2, 0.25) is 5.82 Å². The van der Waals surface area contributed by atoms with E-state index in [1.165, 1.54) is 11.3 Å². The Bertz CT molecular complexity index is 772. The second-order valence-corrected chi connectivity index (χ2v) is 5.17. The summed E-state index contributed by atoms with van der Waals surface area (Å²) in [5.41, 5.74) is 0.719. The SMILES string of the molecule is N#Cc1ccc(-c2nc(-c3ccccc3Cl)no2)s1. The Morgan fingerprint density at radius 3 is 2.79 bits per heavy atom. The third kappa shape index (κ3) is 2.24. The van der Waals surface area contributed by atoms with E-state index < -0.39 is 0 Å². The van der Waals surface area contributed by atoms with Crippen LogP contribution in [-0.4, -0.2) is 10.1 Å². The lowest BCUT2D eigenvalue weighted by molar-refractivity contribution is 0.433. The van der Waals surface area contributed by atoms with Crippen LogP contribution in [0.4, 0.5) is 0 Å². The topological polar surface area (TPSA) is 62.7 Å². The molecule has 3 aromatic rings. The number of thiophene rings is 1. The molecule has 0 saturated heterocycles. The summed E-state index contributed by atoms with van der Waals surface area (Å²) < 4.78 is 5.20. The standard InChI is InChI=1S/C13H6ClN3OS/c14-10-4-2-1-3-9(10)12-16-13(18-17-12)11-6-5-8(7-15)19-11/h1-6H. The quantitative estimate of drug-likeness (QED) is 0.715. The van der Waals surface area contributed by atoms with Crippen molar-refractivity contribution in [2.45, 2.75) is 0 Å². The number of hydrogen-bond acceptors (Lipinski definition) is 5. The molecule has 2 heterocycles. The van der Waals surface area contributed by atoms with Gasteiger partial charge in [0.05, 0.1) is 9.90 Å². The molecule has 0 atom stereocenters. The van der Waals surface area contributed by atoms with Gasteiger partial charge in [0.25, 0.3) is 5.89 Å². The van der Waals surface area contributed by atoms with Crippen molar-refractivity contribution in [1.82, 2.24) is 10.1 Å². The molecule has 0 unspecified atom stereocenters. The van der Waals surface area contributed by atoms with E-state index >= 15 is 0 Å². The number of hydrogen-bond donors (Lipinski definition) is 0. The molecule has 0 bridgehead atoms. The molecule has 6 heteroatoms. The Hall–Kier alpha value is -2.16. The Morgan fingerprint density at radius 2 is 2.05 bits per heavy atom. The first kappa shape index (κ1) is 11.9. The third-order valence-corrected chi connectivity index (χ3v) is 3.78. The monoisotopic (exact) mass is 287 g/mol. The molecule has 0 aliphatic heterocycles. The first-order valence-electron chi connectivity index (χ1n) is 5.37. The van der Waals surface area contributed by atoms with Crippen LogP contribution < -0.4 is 0 Å². The van der Waals surface area contributed by atoms with E-state index in [0.29, 0.717) is 21.6 Å². The van der Waals surface area contributed by atoms with Crippen LogP contribution in [0.2, 0.25) is 5.02 Å². The van der Waals surface area contributed by atoms with E-state index in [0.717, 1.165) is 10.4 Å². The van der Waals surface area contributed by atoms with Gasteiger partial charge in [-0.2, -0.15) is 10.2 Å². The summed E-state index contributed by atoms with van der Waals surface area (Å²) in [6.07, 6.45) is 0. The summed E-state index contributed by atoms with van der Waals surface area (Å²) in [5.74, 6) is 0.828. The van der Waals surface area contributed by atoms with Gasteiger partial charge in [-0.3, -0.25) is 0 Å². The first-order valence-corrected chi connectivity index (χ1v) is 6.56. The lowest BCUT2D eigenvalue weighted by atomic mass is 10.2. The molecule has 0 saturated carbocycles. The van der Waals surface area contributed by atoms with Gasteiger partial charge in [-0.15, -0.1) is 11.3 Å². The fourth-order valence-corrected chi connectivity index (χ4v) is 2.53. The van der Waals surface area contributed by atoms with Crippen LogP contribution in [0.5, 0.6) is 0 Å². The lowest BCUT2D eigenvalue weighted by Crippen LogP contribution is -1.81. The van der Waals surface area contributed by atoms with E-state index in [1.807, 2.05) is 18.2 Å². The number of rotatable bonds is 2. The summed E-state index contributed by atoms with van der Waals surface area (Å²) >= 11 is 7.39. The minimum atomic E-state index is 0.390. The highest BCUT2D eigenvalue weighted by molar-refractivity contribution is 7.15. The Labute approximate surface area is 117 Å². The molecule has 0 fully saturated rings. The molecular formula is C13H6ClN3OS. The molecule has 0 radical (unpaired) electrons. The third-order valence-electron chi connectivity index (χ3n) is 2.47. The van der Waals surface area contributed by atoms with Gasteiger partial charge in [0.15, 0.2) is 0 Å². The smallest absolute Gasteiger partial charge is 0.268 e. The lowest BCUT2D eigenvalue weighted by Gasteiger charge is -1.95. The van der Waals surface area contributed by atoms with Crippen molar-refractivity contribution >= 4 is 22.9 Å². The highest BCUT2D eigenvalue weighted by atomic mass is 35.5. The van der Waals surface area contributed by atoms with Crippen LogP contribution in [0.3, 0.4) is 0 Å². The number of aromatic nitrogens is 2. The molecule has 0 N–H and O–H groups in total. The zero-order chi connectivity index (χ0) is 13.2. The average molecular weight is 288 g/mol. The van der Waals surface area contributed by atoms with Gasteiger partial charge in [-0.1, -0.05) is 28.9 Å². The van der Waals surface area contributed by atoms with Crippen LogP contribution in [-0.2, 0) is 0 Å². The van der Waals surface area contributed by atoms with E-state index in [-0.39, 0.29) is 0 Å². The highest BCUT2D eigenvalue weighted by Crippen LogP contribution is 2.30. The predicted octanol–water partition coefficient (Wildman–Crippen LogP) is 3.99. The number of benzene rings is 1. The minimum absolute atomic E-state index is 0.390. The van der Waals surface area contributed by atoms with Crippen LogP contribution in [0.25, 0.3) is 22.2 Å². The van der Waals surface area contributed by atoms with Gasteiger partial charge in [-0.05, 0) is 24.3 Å². The van der Waals surface area contributed by atoms with Gasteiger partial charge < -0.3 is 4.52 Å². The summed E-state index contributed by atoms with van der Waals surface area (Å²) in [4.78, 5) is 5.67. The van der Waals surface area contributed by atoms with Crippen molar-refractivity contribution in [1.29, 1.82) is 5.26 Å². The van der Waals surface area contributed by atoms with E-state index in [1.54, 1.807) is 18.2 Å². The van der Waals surface area contributed by atoms with Crippen LogP contribution in [0.1, 0.15) is 4.88 Å². The van der Waals surface area contributed by atoms with Gasteiger partial charge in [0, 0.05) is 5.56 Å². The highest BCUT2D eigenvalue weighted by Gasteiger charge is 2.14. The van der Waals surface area contributed by atoms with Crippen LogP contribution in [0, 0.1) is 11.3 Å². The molecule has 0 aliphatic carbocycles. The molecule has 4 nitrogen and oxygen atoms in total. The van der Waals surface area contributed by atoms with Crippen molar-refractivity contribution in [2.24, 2.45) is 0 Å². The second kappa shape index (κ2) is 4.84. The van der Waals surface area contributed by atoms with E-state index in [9.17, 15) is 0 Å². The Morgan fingerprint density at radius 1 is 1.21 bits per heavy atom. The zero-order valence-electron chi connectivity index (χ0n) is 9.50. The van der Waals surface area contributed by atoms with E-state index in [4.69, 9.17) is 21.4 Å². The van der Waals surface area contributed by atoms with Crippen molar-refractivity contribution in [2.75, 3.05) is 0 Å². The molecule has 0 spiro atoms. The second-order valence-electron chi connectivity index (χ2n) is 3.68. The number of halogens is 1. The van der Waals surface area contributed by atoms with Gasteiger partial charge >= 0.3 is 0 Å². The molecule has 1 aromatic carbocycles. The molecule has 0 amide bonds. The molecule has 2 aromatic heterocycles. The summed E-state index contributed by atoms with van der Waals surface area (Å²) in [6, 6.07) is 12.9. The Balaban J connectivity index is 2.00. The van der Waals surface area contributed by atoms with Gasteiger partial charge in [-0.25, -0.2) is 0 Å². The molecule has 92 valence electrons. The Kier molecular flexibility index (Phi) is 3.03. The summed E-state index contributed by atoms with van der Waals surface area (Å²) in [7, 11) is 0. The summed E-state index contributed by atoms with van der Waals surface area (Å²) in [5, 5.41) is 13.3. The number of nitrogens with zero attached hydrogens (tertiary/aromatic N) is 3. The zero-order valence-corrected chi connectivity index (χ0v) is 11.1. The maximum absolute atomic E-state index is 8.79.